The molecule has 126 valence electrons. The van der Waals surface area contributed by atoms with Gasteiger partial charge in [0.25, 0.3) is 0 Å². The number of nitrogens with one attached hydrogen (secondary N) is 2. The summed E-state index contributed by atoms with van der Waals surface area (Å²) in [4.78, 5) is 6.01. The summed E-state index contributed by atoms with van der Waals surface area (Å²) in [6.45, 7) is 3.26. The van der Waals surface area contributed by atoms with Crippen molar-refractivity contribution in [3.05, 3.63) is 65.5 Å². The van der Waals surface area contributed by atoms with Crippen LogP contribution in [0.15, 0.2) is 48.7 Å². The van der Waals surface area contributed by atoms with Crippen LogP contribution in [0.1, 0.15) is 23.2 Å². The van der Waals surface area contributed by atoms with Crippen LogP contribution in [-0.4, -0.2) is 27.5 Å². The molecule has 0 unspecified atom stereocenters. The Morgan fingerprint density at radius 3 is 2.67 bits per heavy atom. The van der Waals surface area contributed by atoms with Gasteiger partial charge in [-0.15, -0.1) is 0 Å². The van der Waals surface area contributed by atoms with Crippen LogP contribution in [0.2, 0.25) is 0 Å². The van der Waals surface area contributed by atoms with Crippen LogP contribution in [0, 0.1) is 12.3 Å². The van der Waals surface area contributed by atoms with Gasteiger partial charge in [0.05, 0.1) is 0 Å². The summed E-state index contributed by atoms with van der Waals surface area (Å²) in [5.74, 6) is -0.0432. The first-order valence-corrected chi connectivity index (χ1v) is 8.32. The molecule has 0 spiro atoms. The monoisotopic (exact) mass is 341 g/mol. The molecule has 0 atom stereocenters. The minimum absolute atomic E-state index is 0.0432. The van der Waals surface area contributed by atoms with E-state index in [-0.39, 0.29) is 5.96 Å². The van der Waals surface area contributed by atoms with Crippen molar-refractivity contribution in [2.75, 3.05) is 6.54 Å². The Morgan fingerprint density at radius 1 is 1.25 bits per heavy atom. The highest BCUT2D eigenvalue weighted by atomic mass is 32.1. The van der Waals surface area contributed by atoms with Crippen LogP contribution in [0.5, 0.6) is 0 Å². The standard InChI is InChI=1S/C18H23N5S/c1-14-7-5-11-21-16(14)10-6-12-23(17(19)20)18(24)22-13-15-8-3-2-4-9-15/h2-5,7-9,11H,6,10,12-13H2,1H3,(H3,19,20)(H,22,24). The minimum atomic E-state index is -0.0432. The van der Waals surface area contributed by atoms with E-state index >= 15 is 0 Å². The Hall–Kier alpha value is -2.47. The fraction of sp³-hybridized carbons (Fsp3) is 0.278. The quantitative estimate of drug-likeness (QED) is 0.428. The lowest BCUT2D eigenvalue weighted by molar-refractivity contribution is 0.550. The second-order valence-electron chi connectivity index (χ2n) is 5.55. The molecule has 0 aliphatic carbocycles. The molecule has 1 aromatic carbocycles. The van der Waals surface area contributed by atoms with Gasteiger partial charge in [-0.3, -0.25) is 15.3 Å². The maximum Gasteiger partial charge on any atom is 0.194 e. The summed E-state index contributed by atoms with van der Waals surface area (Å²) in [6, 6.07) is 14.0. The van der Waals surface area contributed by atoms with Crippen LogP contribution in [-0.2, 0) is 13.0 Å². The Bertz CT molecular complexity index is 687. The average Bonchev–Trinajstić information content (AvgIpc) is 2.58. The summed E-state index contributed by atoms with van der Waals surface area (Å²) < 4.78 is 0. The molecule has 4 N–H and O–H groups in total. The highest BCUT2D eigenvalue weighted by Crippen LogP contribution is 2.07. The van der Waals surface area contributed by atoms with E-state index in [1.165, 1.54) is 5.56 Å². The molecule has 2 rings (SSSR count). The predicted molar refractivity (Wildman–Crippen MR) is 102 cm³/mol. The van der Waals surface area contributed by atoms with Crippen molar-refractivity contribution >= 4 is 23.3 Å². The zero-order chi connectivity index (χ0) is 17.4. The molecule has 0 radical (unpaired) electrons. The largest absolute Gasteiger partial charge is 0.370 e. The molecular formula is C18H23N5S. The van der Waals surface area contributed by atoms with E-state index in [1.54, 1.807) is 11.1 Å². The first kappa shape index (κ1) is 17.9. The number of aryl methyl sites for hydroxylation is 2. The maximum atomic E-state index is 7.75. The van der Waals surface area contributed by atoms with Crippen LogP contribution in [0.3, 0.4) is 0 Å². The first-order chi connectivity index (χ1) is 11.6. The molecule has 0 saturated heterocycles. The Morgan fingerprint density at radius 2 is 2.00 bits per heavy atom. The van der Waals surface area contributed by atoms with E-state index in [4.69, 9.17) is 23.4 Å². The zero-order valence-corrected chi connectivity index (χ0v) is 14.6. The minimum Gasteiger partial charge on any atom is -0.370 e. The maximum absolute atomic E-state index is 7.75. The van der Waals surface area contributed by atoms with Gasteiger partial charge in [0.2, 0.25) is 0 Å². The molecule has 0 saturated carbocycles. The number of guanidine groups is 1. The van der Waals surface area contributed by atoms with Crippen LogP contribution in [0.4, 0.5) is 0 Å². The van der Waals surface area contributed by atoms with E-state index in [1.807, 2.05) is 36.4 Å². The second-order valence-corrected chi connectivity index (χ2v) is 5.94. The van der Waals surface area contributed by atoms with E-state index in [9.17, 15) is 0 Å². The smallest absolute Gasteiger partial charge is 0.194 e. The van der Waals surface area contributed by atoms with Crippen molar-refractivity contribution in [2.45, 2.75) is 26.3 Å². The van der Waals surface area contributed by atoms with Gasteiger partial charge < -0.3 is 11.1 Å². The van der Waals surface area contributed by atoms with E-state index < -0.39 is 0 Å². The van der Waals surface area contributed by atoms with Gasteiger partial charge in [-0.05, 0) is 49.2 Å². The lowest BCUT2D eigenvalue weighted by atomic mass is 10.1. The highest BCUT2D eigenvalue weighted by molar-refractivity contribution is 7.80. The predicted octanol–water partition coefficient (Wildman–Crippen LogP) is 2.59. The molecule has 0 fully saturated rings. The summed E-state index contributed by atoms with van der Waals surface area (Å²) in [5, 5.41) is 11.4. The normalized spacial score (nSPS) is 10.2. The number of hydrogen-bond acceptors (Lipinski definition) is 3. The molecule has 0 aliphatic heterocycles. The number of pyridine rings is 1. The number of aromatic nitrogens is 1. The number of nitrogens with two attached hydrogens (primary N) is 1. The summed E-state index contributed by atoms with van der Waals surface area (Å²) in [7, 11) is 0. The van der Waals surface area contributed by atoms with Gasteiger partial charge in [0.15, 0.2) is 11.1 Å². The molecule has 1 heterocycles. The molecule has 0 aliphatic rings. The highest BCUT2D eigenvalue weighted by Gasteiger charge is 2.12. The van der Waals surface area contributed by atoms with Gasteiger partial charge in [-0.25, -0.2) is 0 Å². The number of nitrogens with zero attached hydrogens (tertiary/aromatic N) is 2. The molecular weight excluding hydrogens is 318 g/mol. The van der Waals surface area contributed by atoms with Crippen LogP contribution in [0.25, 0.3) is 0 Å². The SMILES string of the molecule is Cc1cccnc1CCCN(C(=N)N)C(=S)NCc1ccccc1. The summed E-state index contributed by atoms with van der Waals surface area (Å²) >= 11 is 5.39. The molecule has 1 aromatic heterocycles. The fourth-order valence-corrected chi connectivity index (χ4v) is 2.65. The third kappa shape index (κ3) is 5.31. The van der Waals surface area contributed by atoms with Crippen molar-refractivity contribution < 1.29 is 0 Å². The average molecular weight is 341 g/mol. The Kier molecular flexibility index (Phi) is 6.69. The van der Waals surface area contributed by atoms with Crippen molar-refractivity contribution in [1.29, 1.82) is 5.41 Å². The van der Waals surface area contributed by atoms with E-state index in [0.29, 0.717) is 18.2 Å². The number of thiocarbonyl (C=S) groups is 1. The Labute approximate surface area is 148 Å². The van der Waals surface area contributed by atoms with Gasteiger partial charge in [0.1, 0.15) is 0 Å². The van der Waals surface area contributed by atoms with Gasteiger partial charge in [-0.1, -0.05) is 36.4 Å². The van der Waals surface area contributed by atoms with Crippen molar-refractivity contribution in [2.24, 2.45) is 5.73 Å². The van der Waals surface area contributed by atoms with Gasteiger partial charge >= 0.3 is 0 Å². The second kappa shape index (κ2) is 8.98. The molecule has 6 heteroatoms. The summed E-state index contributed by atoms with van der Waals surface area (Å²) in [6.07, 6.45) is 3.46. The number of rotatable bonds is 6. The van der Waals surface area contributed by atoms with Crippen molar-refractivity contribution in [3.63, 3.8) is 0 Å². The third-order valence-corrected chi connectivity index (χ3v) is 4.10. The van der Waals surface area contributed by atoms with Crippen molar-refractivity contribution in [3.8, 4) is 0 Å². The lowest BCUT2D eigenvalue weighted by Crippen LogP contribution is -2.47. The number of benzene rings is 1. The first-order valence-electron chi connectivity index (χ1n) is 7.91. The summed E-state index contributed by atoms with van der Waals surface area (Å²) in [5.41, 5.74) is 9.06. The lowest BCUT2D eigenvalue weighted by Gasteiger charge is -2.24. The number of hydrogen-bond donors (Lipinski definition) is 3. The molecule has 5 nitrogen and oxygen atoms in total. The molecule has 24 heavy (non-hydrogen) atoms. The van der Waals surface area contributed by atoms with Gasteiger partial charge in [0, 0.05) is 25.0 Å². The Balaban J connectivity index is 1.85. The van der Waals surface area contributed by atoms with E-state index in [0.717, 1.165) is 24.1 Å². The molecule has 0 bridgehead atoms. The fourth-order valence-electron chi connectivity index (χ4n) is 2.39. The van der Waals surface area contributed by atoms with E-state index in [2.05, 4.69) is 23.3 Å². The molecule has 0 amide bonds. The van der Waals surface area contributed by atoms with Crippen molar-refractivity contribution in [1.82, 2.24) is 15.2 Å². The third-order valence-electron chi connectivity index (χ3n) is 3.74. The van der Waals surface area contributed by atoms with Gasteiger partial charge in [-0.2, -0.15) is 0 Å². The topological polar surface area (TPSA) is 78.0 Å². The van der Waals surface area contributed by atoms with Crippen LogP contribution >= 0.6 is 12.2 Å². The zero-order valence-electron chi connectivity index (χ0n) is 13.8. The molecule has 2 aromatic rings. The van der Waals surface area contributed by atoms with Crippen LogP contribution < -0.4 is 11.1 Å².